The minimum Gasteiger partial charge on any atom is -0.352 e. The van der Waals surface area contributed by atoms with Crippen LogP contribution < -0.4 is 5.32 Å². The van der Waals surface area contributed by atoms with Gasteiger partial charge >= 0.3 is 0 Å². The number of H-pyrrole nitrogens is 1. The number of hydrogen-bond acceptors (Lipinski definition) is 5. The largest absolute Gasteiger partial charge is 0.352 e. The third kappa shape index (κ3) is 3.87. The second kappa shape index (κ2) is 6.80. The van der Waals surface area contributed by atoms with Crippen molar-refractivity contribution < 1.29 is 4.79 Å². The molecular formula is C14H22N6O. The number of nitrogens with one attached hydrogen (secondary N) is 2. The summed E-state index contributed by atoms with van der Waals surface area (Å²) in [6.45, 7) is 2.06. The van der Waals surface area contributed by atoms with Crippen molar-refractivity contribution in [3.05, 3.63) is 11.9 Å². The number of aromatic nitrogens is 4. The van der Waals surface area contributed by atoms with Crippen LogP contribution in [0.2, 0.25) is 0 Å². The van der Waals surface area contributed by atoms with Crippen LogP contribution in [0, 0.1) is 0 Å². The predicted molar refractivity (Wildman–Crippen MR) is 78.2 cm³/mol. The fraction of sp³-hybridized carbons (Fsp3) is 0.714. The Morgan fingerprint density at radius 3 is 3.00 bits per heavy atom. The number of hydrogen-bond donors (Lipinski definition) is 2. The molecule has 7 heteroatoms. The summed E-state index contributed by atoms with van der Waals surface area (Å²) < 4.78 is 0. The highest BCUT2D eigenvalue weighted by molar-refractivity contribution is 5.78. The van der Waals surface area contributed by atoms with Gasteiger partial charge in [-0.25, -0.2) is 0 Å². The Hall–Kier alpha value is -1.76. The molecule has 0 unspecified atom stereocenters. The van der Waals surface area contributed by atoms with E-state index in [9.17, 15) is 4.79 Å². The van der Waals surface area contributed by atoms with Gasteiger partial charge in [0.05, 0.1) is 6.54 Å². The number of carbonyl (C=O) groups is 1. The summed E-state index contributed by atoms with van der Waals surface area (Å²) in [4.78, 5) is 14.3. The van der Waals surface area contributed by atoms with E-state index < -0.39 is 0 Å². The van der Waals surface area contributed by atoms with E-state index in [1.54, 1.807) is 0 Å². The van der Waals surface area contributed by atoms with Crippen LogP contribution in [0.15, 0.2) is 6.08 Å². The molecule has 1 amide bonds. The van der Waals surface area contributed by atoms with Gasteiger partial charge in [-0.1, -0.05) is 25.3 Å². The average Bonchev–Trinajstić information content (AvgIpc) is 3.02. The summed E-state index contributed by atoms with van der Waals surface area (Å²) in [6.07, 6.45) is 9.07. The van der Waals surface area contributed by atoms with Gasteiger partial charge < -0.3 is 5.32 Å². The van der Waals surface area contributed by atoms with Crippen molar-refractivity contribution in [3.63, 3.8) is 0 Å². The first-order chi connectivity index (χ1) is 10.3. The Morgan fingerprint density at radius 1 is 1.38 bits per heavy atom. The second-order valence-corrected chi connectivity index (χ2v) is 5.87. The van der Waals surface area contributed by atoms with Gasteiger partial charge in [-0.3, -0.25) is 9.69 Å². The Morgan fingerprint density at radius 2 is 2.24 bits per heavy atom. The zero-order chi connectivity index (χ0) is 14.5. The smallest absolute Gasteiger partial charge is 0.234 e. The molecule has 2 N–H and O–H groups in total. The molecule has 0 atom stereocenters. The van der Waals surface area contributed by atoms with Crippen LogP contribution >= 0.6 is 0 Å². The molecule has 1 aliphatic carbocycles. The lowest BCUT2D eigenvalue weighted by Crippen LogP contribution is -2.44. The first-order valence-electron chi connectivity index (χ1n) is 7.76. The third-order valence-electron chi connectivity index (χ3n) is 4.20. The molecule has 0 bridgehead atoms. The Balaban J connectivity index is 1.49. The molecule has 1 aromatic heterocycles. The van der Waals surface area contributed by atoms with Crippen molar-refractivity contribution in [3.8, 4) is 0 Å². The summed E-state index contributed by atoms with van der Waals surface area (Å²) in [6, 6.07) is 0.378. The SMILES string of the molecule is O=C(CN1CCC=C(c2nn[nH]n2)C1)NC1CCCCC1. The lowest BCUT2D eigenvalue weighted by molar-refractivity contribution is -0.123. The number of aromatic amines is 1. The van der Waals surface area contributed by atoms with E-state index in [1.807, 2.05) is 0 Å². The molecule has 3 rings (SSSR count). The fourth-order valence-corrected chi connectivity index (χ4v) is 3.12. The minimum absolute atomic E-state index is 0.135. The van der Waals surface area contributed by atoms with Gasteiger partial charge in [-0.2, -0.15) is 5.21 Å². The lowest BCUT2D eigenvalue weighted by Gasteiger charge is -2.28. The molecular weight excluding hydrogens is 268 g/mol. The number of tetrazole rings is 1. The Bertz CT molecular complexity index is 492. The van der Waals surface area contributed by atoms with E-state index in [1.165, 1.54) is 19.3 Å². The van der Waals surface area contributed by atoms with E-state index in [0.29, 0.717) is 25.0 Å². The van der Waals surface area contributed by atoms with Crippen molar-refractivity contribution in [1.82, 2.24) is 30.8 Å². The summed E-state index contributed by atoms with van der Waals surface area (Å²) in [5.41, 5.74) is 1.04. The second-order valence-electron chi connectivity index (χ2n) is 5.87. The van der Waals surface area contributed by atoms with E-state index in [4.69, 9.17) is 0 Å². The topological polar surface area (TPSA) is 86.8 Å². The molecule has 7 nitrogen and oxygen atoms in total. The highest BCUT2D eigenvalue weighted by Gasteiger charge is 2.21. The minimum atomic E-state index is 0.135. The molecule has 1 saturated carbocycles. The monoisotopic (exact) mass is 290 g/mol. The van der Waals surface area contributed by atoms with Gasteiger partial charge in [0.25, 0.3) is 0 Å². The number of nitrogens with zero attached hydrogens (tertiary/aromatic N) is 4. The van der Waals surface area contributed by atoms with Gasteiger partial charge in [-0.05, 0) is 24.5 Å². The molecule has 1 aromatic rings. The molecule has 2 aliphatic rings. The number of amides is 1. The van der Waals surface area contributed by atoms with Crippen LogP contribution in [0.3, 0.4) is 0 Å². The van der Waals surface area contributed by atoms with Gasteiger partial charge in [0.1, 0.15) is 0 Å². The van der Waals surface area contributed by atoms with Crippen molar-refractivity contribution in [1.29, 1.82) is 0 Å². The van der Waals surface area contributed by atoms with Gasteiger partial charge in [-0.15, -0.1) is 10.2 Å². The van der Waals surface area contributed by atoms with Gasteiger partial charge in [0.2, 0.25) is 11.7 Å². The van der Waals surface area contributed by atoms with Gasteiger partial charge in [0.15, 0.2) is 0 Å². The molecule has 1 fully saturated rings. The summed E-state index contributed by atoms with van der Waals surface area (Å²) in [5, 5.41) is 17.2. The molecule has 0 spiro atoms. The molecule has 0 aromatic carbocycles. The van der Waals surface area contributed by atoms with E-state index in [-0.39, 0.29) is 5.91 Å². The van der Waals surface area contributed by atoms with Crippen LogP contribution in [0.1, 0.15) is 44.3 Å². The van der Waals surface area contributed by atoms with Crippen LogP contribution in [0.5, 0.6) is 0 Å². The maximum absolute atomic E-state index is 12.2. The van der Waals surface area contributed by atoms with Crippen LogP contribution in [-0.2, 0) is 4.79 Å². The fourth-order valence-electron chi connectivity index (χ4n) is 3.12. The Kier molecular flexibility index (Phi) is 4.59. The first kappa shape index (κ1) is 14.2. The summed E-state index contributed by atoms with van der Waals surface area (Å²) in [5.74, 6) is 0.767. The van der Waals surface area contributed by atoms with Crippen LogP contribution in [0.25, 0.3) is 5.57 Å². The highest BCUT2D eigenvalue weighted by Crippen LogP contribution is 2.18. The van der Waals surface area contributed by atoms with Crippen molar-refractivity contribution in [2.75, 3.05) is 19.6 Å². The van der Waals surface area contributed by atoms with E-state index in [2.05, 4.69) is 36.9 Å². The summed E-state index contributed by atoms with van der Waals surface area (Å²) >= 11 is 0. The standard InChI is InChI=1S/C14H22N6O/c21-13(15-12-6-2-1-3-7-12)10-20-8-4-5-11(9-20)14-16-18-19-17-14/h5,12H,1-4,6-10H2,(H,15,21)(H,16,17,18,19). The predicted octanol–water partition coefficient (Wildman–Crippen LogP) is 0.738. The summed E-state index contributed by atoms with van der Waals surface area (Å²) in [7, 11) is 0. The molecule has 0 saturated heterocycles. The number of carbonyl (C=O) groups excluding carboxylic acids is 1. The zero-order valence-electron chi connectivity index (χ0n) is 12.2. The molecule has 21 heavy (non-hydrogen) atoms. The highest BCUT2D eigenvalue weighted by atomic mass is 16.2. The average molecular weight is 290 g/mol. The number of rotatable bonds is 4. The Labute approximate surface area is 124 Å². The molecule has 0 radical (unpaired) electrons. The van der Waals surface area contributed by atoms with Crippen molar-refractivity contribution >= 4 is 11.5 Å². The maximum atomic E-state index is 12.2. The molecule has 114 valence electrons. The first-order valence-corrected chi connectivity index (χ1v) is 7.76. The molecule has 1 aliphatic heterocycles. The van der Waals surface area contributed by atoms with E-state index >= 15 is 0 Å². The van der Waals surface area contributed by atoms with Crippen LogP contribution in [0.4, 0.5) is 0 Å². The third-order valence-corrected chi connectivity index (χ3v) is 4.20. The normalized spacial score (nSPS) is 21.0. The quantitative estimate of drug-likeness (QED) is 0.854. The molecule has 2 heterocycles. The maximum Gasteiger partial charge on any atom is 0.234 e. The van der Waals surface area contributed by atoms with Crippen molar-refractivity contribution in [2.24, 2.45) is 0 Å². The lowest BCUT2D eigenvalue weighted by atomic mass is 9.95. The van der Waals surface area contributed by atoms with Crippen LogP contribution in [-0.4, -0.2) is 57.1 Å². The van der Waals surface area contributed by atoms with E-state index in [0.717, 1.165) is 31.4 Å². The van der Waals surface area contributed by atoms with Gasteiger partial charge in [0, 0.05) is 24.7 Å². The zero-order valence-corrected chi connectivity index (χ0v) is 12.2. The van der Waals surface area contributed by atoms with Crippen molar-refractivity contribution in [2.45, 2.75) is 44.6 Å².